The molecule has 0 aromatic carbocycles. The van der Waals surface area contributed by atoms with Gasteiger partial charge in [0.25, 0.3) is 10.2 Å². The fraction of sp³-hybridized carbons (Fsp3) is 1.00. The number of sulfonamides is 1. The second-order valence-electron chi connectivity index (χ2n) is 4.99. The minimum atomic E-state index is -4.03. The van der Waals surface area contributed by atoms with Crippen LogP contribution in [0, 0.1) is 5.92 Å². The first kappa shape index (κ1) is 15.2. The lowest BCUT2D eigenvalue weighted by atomic mass is 10.3. The van der Waals surface area contributed by atoms with Crippen LogP contribution in [0.15, 0.2) is 0 Å². The molecule has 19 heavy (non-hydrogen) atoms. The van der Waals surface area contributed by atoms with Crippen molar-refractivity contribution in [3.05, 3.63) is 0 Å². The Morgan fingerprint density at radius 1 is 1.11 bits per heavy atom. The molecule has 1 heterocycles. The fourth-order valence-corrected chi connectivity index (χ4v) is 7.14. The first-order valence-corrected chi connectivity index (χ1v) is 10.8. The molecule has 2 aliphatic rings. The van der Waals surface area contributed by atoms with Crippen molar-refractivity contribution in [3.8, 4) is 0 Å². The van der Waals surface area contributed by atoms with Crippen LogP contribution in [0.1, 0.15) is 12.8 Å². The molecule has 1 N–H and O–H groups in total. The normalized spacial score (nSPS) is 28.9. The molecule has 2 unspecified atom stereocenters. The van der Waals surface area contributed by atoms with E-state index in [1.165, 1.54) is 0 Å². The average Bonchev–Trinajstić information content (AvgIpc) is 2.72. The molecule has 0 aromatic heterocycles. The Balaban J connectivity index is 1.97. The number of hydrogen-bond acceptors (Lipinski definition) is 6. The van der Waals surface area contributed by atoms with Crippen LogP contribution in [0.4, 0.5) is 0 Å². The van der Waals surface area contributed by atoms with Gasteiger partial charge in [-0.2, -0.15) is 12.7 Å². The molecule has 0 aromatic rings. The molecule has 1 saturated heterocycles. The van der Waals surface area contributed by atoms with Gasteiger partial charge < -0.3 is 0 Å². The Morgan fingerprint density at radius 2 is 1.68 bits per heavy atom. The Hall–Kier alpha value is -0.230. The van der Waals surface area contributed by atoms with Crippen molar-refractivity contribution in [2.45, 2.75) is 18.1 Å². The lowest BCUT2D eigenvalue weighted by molar-refractivity contribution is 0.308. The molecule has 8 nitrogen and oxygen atoms in total. The van der Waals surface area contributed by atoms with Crippen molar-refractivity contribution in [2.75, 3.05) is 25.1 Å². The van der Waals surface area contributed by atoms with E-state index in [0.29, 0.717) is 19.5 Å². The summed E-state index contributed by atoms with van der Waals surface area (Å²) in [6.07, 6.45) is 2.03. The maximum absolute atomic E-state index is 11.7. The third-order valence-corrected chi connectivity index (χ3v) is 8.68. The summed E-state index contributed by atoms with van der Waals surface area (Å²) in [7, 11) is -11.3. The van der Waals surface area contributed by atoms with Crippen LogP contribution < -0.4 is 4.13 Å². The lowest BCUT2D eigenvalue weighted by Crippen LogP contribution is -2.50. The monoisotopic (exact) mass is 332 g/mol. The third-order valence-electron chi connectivity index (χ3n) is 3.23. The highest BCUT2D eigenvalue weighted by atomic mass is 32.3. The predicted molar refractivity (Wildman–Crippen MR) is 68.8 cm³/mol. The molecule has 1 aliphatic carbocycles. The van der Waals surface area contributed by atoms with E-state index in [1.807, 2.05) is 0 Å². The van der Waals surface area contributed by atoms with Gasteiger partial charge in [0.05, 0.1) is 11.0 Å². The molecular formula is C8H16N2O6S3. The van der Waals surface area contributed by atoms with Gasteiger partial charge in [-0.15, -0.1) is 0 Å². The Labute approximate surface area is 113 Å². The Morgan fingerprint density at radius 3 is 2.05 bits per heavy atom. The fourth-order valence-electron chi connectivity index (χ4n) is 1.98. The second-order valence-corrected chi connectivity index (χ2v) is 10.9. The van der Waals surface area contributed by atoms with Gasteiger partial charge in [-0.3, -0.25) is 0 Å². The van der Waals surface area contributed by atoms with Gasteiger partial charge in [0.2, 0.25) is 10.0 Å². The van der Waals surface area contributed by atoms with Gasteiger partial charge in [-0.25, -0.2) is 16.8 Å². The molecule has 1 aliphatic heterocycles. The number of hydrogen-bond donors (Lipinski definition) is 1. The largest absolute Gasteiger partial charge is 0.292 e. The molecule has 0 amide bonds. The molecule has 2 rings (SSSR count). The van der Waals surface area contributed by atoms with Crippen LogP contribution in [-0.2, 0) is 30.1 Å². The quantitative estimate of drug-likeness (QED) is 0.619. The van der Waals surface area contributed by atoms with Gasteiger partial charge >= 0.3 is 0 Å². The number of nitrogens with zero attached hydrogens (tertiary/aromatic N) is 1. The summed E-state index contributed by atoms with van der Waals surface area (Å²) in [5.74, 6) is -0.989. The van der Waals surface area contributed by atoms with Crippen molar-refractivity contribution < 1.29 is 25.3 Å². The minimum absolute atomic E-state index is 0.267. The van der Waals surface area contributed by atoms with Gasteiger partial charge in [0.1, 0.15) is 0 Å². The number of rotatable bonds is 6. The molecule has 0 bridgehead atoms. The van der Waals surface area contributed by atoms with E-state index in [0.717, 1.165) is 10.6 Å². The third kappa shape index (κ3) is 3.66. The van der Waals surface area contributed by atoms with Gasteiger partial charge in [-0.05, 0) is 18.8 Å². The van der Waals surface area contributed by atoms with Crippen LogP contribution in [0.5, 0.6) is 0 Å². The van der Waals surface area contributed by atoms with E-state index < -0.39 is 47.0 Å². The van der Waals surface area contributed by atoms with E-state index in [1.54, 1.807) is 4.13 Å². The first-order chi connectivity index (χ1) is 8.51. The van der Waals surface area contributed by atoms with Crippen molar-refractivity contribution >= 4 is 30.1 Å². The molecule has 2 atom stereocenters. The summed E-state index contributed by atoms with van der Waals surface area (Å²) in [4.78, 5) is 0. The van der Waals surface area contributed by atoms with E-state index in [2.05, 4.69) is 0 Å². The Bertz CT molecular complexity index is 661. The SMILES string of the molecule is CS(=O)(=O)C1CC1CS(=O)(=O)NS(=O)(=O)N1CCC1. The van der Waals surface area contributed by atoms with Crippen LogP contribution in [0.2, 0.25) is 0 Å². The number of sulfone groups is 1. The van der Waals surface area contributed by atoms with E-state index in [9.17, 15) is 25.3 Å². The van der Waals surface area contributed by atoms with Crippen molar-refractivity contribution in [1.29, 1.82) is 0 Å². The van der Waals surface area contributed by atoms with E-state index in [-0.39, 0.29) is 6.42 Å². The summed E-state index contributed by atoms with van der Waals surface area (Å²) in [5.41, 5.74) is 0. The highest BCUT2D eigenvalue weighted by molar-refractivity contribution is 8.03. The average molecular weight is 332 g/mol. The van der Waals surface area contributed by atoms with Gasteiger partial charge in [0, 0.05) is 19.3 Å². The molecule has 112 valence electrons. The summed E-state index contributed by atoms with van der Waals surface area (Å²) < 4.78 is 71.7. The molecule has 1 saturated carbocycles. The van der Waals surface area contributed by atoms with Crippen LogP contribution in [0.3, 0.4) is 0 Å². The molecule has 2 fully saturated rings. The standard InChI is InChI=1S/C8H16N2O6S3/c1-17(11,12)8-5-7(8)6-18(13,14)9-19(15,16)10-3-2-4-10/h7-9H,2-6H2,1H3. The van der Waals surface area contributed by atoms with Gasteiger partial charge in [-0.1, -0.05) is 4.13 Å². The zero-order valence-electron chi connectivity index (χ0n) is 10.3. The van der Waals surface area contributed by atoms with E-state index >= 15 is 0 Å². The highest BCUT2D eigenvalue weighted by Crippen LogP contribution is 2.37. The maximum atomic E-state index is 11.7. The molecular weight excluding hydrogens is 316 g/mol. The van der Waals surface area contributed by atoms with Crippen molar-refractivity contribution in [3.63, 3.8) is 0 Å². The maximum Gasteiger partial charge on any atom is 0.292 e. The van der Waals surface area contributed by atoms with Crippen LogP contribution >= 0.6 is 0 Å². The summed E-state index contributed by atoms with van der Waals surface area (Å²) in [6.45, 7) is 0.612. The van der Waals surface area contributed by atoms with E-state index in [4.69, 9.17) is 0 Å². The highest BCUT2D eigenvalue weighted by Gasteiger charge is 2.47. The summed E-state index contributed by atoms with van der Waals surface area (Å²) >= 11 is 0. The predicted octanol–water partition coefficient (Wildman–Crippen LogP) is -1.71. The zero-order chi connectivity index (χ0) is 14.5. The van der Waals surface area contributed by atoms with Crippen LogP contribution in [0.25, 0.3) is 0 Å². The topological polar surface area (TPSA) is 118 Å². The number of nitrogens with one attached hydrogen (secondary N) is 1. The summed E-state index contributed by atoms with van der Waals surface area (Å²) in [5, 5.41) is -0.671. The van der Waals surface area contributed by atoms with Crippen molar-refractivity contribution in [2.24, 2.45) is 5.92 Å². The Kier molecular flexibility index (Phi) is 3.71. The first-order valence-electron chi connectivity index (χ1n) is 5.71. The van der Waals surface area contributed by atoms with Crippen LogP contribution in [-0.4, -0.2) is 59.9 Å². The summed E-state index contributed by atoms with van der Waals surface area (Å²) in [6, 6.07) is 0. The molecule has 11 heteroatoms. The molecule has 0 radical (unpaired) electrons. The lowest BCUT2D eigenvalue weighted by Gasteiger charge is -2.29. The zero-order valence-corrected chi connectivity index (χ0v) is 12.8. The van der Waals surface area contributed by atoms with Crippen molar-refractivity contribution in [1.82, 2.24) is 8.43 Å². The second kappa shape index (κ2) is 4.65. The molecule has 0 spiro atoms. The minimum Gasteiger partial charge on any atom is -0.229 e. The smallest absolute Gasteiger partial charge is 0.229 e. The van der Waals surface area contributed by atoms with Gasteiger partial charge in [0.15, 0.2) is 9.84 Å².